The van der Waals surface area contributed by atoms with Gasteiger partial charge in [0.1, 0.15) is 0 Å². The van der Waals surface area contributed by atoms with E-state index in [1.165, 1.54) is 24.7 Å². The van der Waals surface area contributed by atoms with Gasteiger partial charge in [0, 0.05) is 6.04 Å². The van der Waals surface area contributed by atoms with Crippen LogP contribution in [-0.2, 0) is 6.18 Å². The minimum absolute atomic E-state index is 0.283. The van der Waals surface area contributed by atoms with Gasteiger partial charge in [-0.3, -0.25) is 0 Å². The molecule has 1 nitrogen and oxygen atoms in total. The van der Waals surface area contributed by atoms with Crippen LogP contribution in [0, 0.1) is 0 Å². The predicted molar refractivity (Wildman–Crippen MR) is 84.7 cm³/mol. The zero-order valence-electron chi connectivity index (χ0n) is 12.7. The minimum Gasteiger partial charge on any atom is -0.310 e. The molecule has 0 heterocycles. The quantitative estimate of drug-likeness (QED) is 0.622. The van der Waals surface area contributed by atoms with Crippen LogP contribution in [0.5, 0.6) is 0 Å². The minimum atomic E-state index is -4.29. The molecule has 0 bridgehead atoms. The lowest BCUT2D eigenvalue weighted by molar-refractivity contribution is -0.138. The van der Waals surface area contributed by atoms with Crippen molar-refractivity contribution >= 4 is 11.8 Å². The van der Waals surface area contributed by atoms with Crippen LogP contribution in [0.3, 0.4) is 0 Å². The number of alkyl halides is 3. The Balaban J connectivity index is 2.41. The van der Waals surface area contributed by atoms with E-state index in [0.29, 0.717) is 5.56 Å². The van der Waals surface area contributed by atoms with Crippen molar-refractivity contribution in [3.8, 4) is 0 Å². The van der Waals surface area contributed by atoms with Gasteiger partial charge in [-0.05, 0) is 49.9 Å². The molecular formula is C16H24F3NS. The Bertz CT molecular complexity index is 407. The van der Waals surface area contributed by atoms with Crippen molar-refractivity contribution in [2.45, 2.75) is 44.8 Å². The van der Waals surface area contributed by atoms with E-state index in [9.17, 15) is 13.2 Å². The van der Waals surface area contributed by atoms with Gasteiger partial charge in [0.15, 0.2) is 0 Å². The number of thioether (sulfide) groups is 1. The largest absolute Gasteiger partial charge is 0.416 e. The Kier molecular flexibility index (Phi) is 8.19. The first-order chi connectivity index (χ1) is 9.96. The SMILES string of the molecule is CSCCCCCCNC(C)c1ccccc1C(F)(F)F. The van der Waals surface area contributed by atoms with Gasteiger partial charge in [0.05, 0.1) is 5.56 Å². The monoisotopic (exact) mass is 319 g/mol. The van der Waals surface area contributed by atoms with Gasteiger partial charge < -0.3 is 5.32 Å². The summed E-state index contributed by atoms with van der Waals surface area (Å²) in [5, 5.41) is 3.20. The molecule has 1 atom stereocenters. The maximum absolute atomic E-state index is 12.9. The van der Waals surface area contributed by atoms with E-state index < -0.39 is 11.7 Å². The van der Waals surface area contributed by atoms with E-state index in [1.807, 2.05) is 11.8 Å². The zero-order chi connectivity index (χ0) is 15.7. The summed E-state index contributed by atoms with van der Waals surface area (Å²) in [4.78, 5) is 0. The molecule has 1 unspecified atom stereocenters. The van der Waals surface area contributed by atoms with Crippen LogP contribution in [0.2, 0.25) is 0 Å². The molecule has 1 aromatic carbocycles. The standard InChI is InChI=1S/C16H24F3NS/c1-13(20-11-7-3-4-8-12-21-2)14-9-5-6-10-15(14)16(17,18)19/h5-6,9-10,13,20H,3-4,7-8,11-12H2,1-2H3. The summed E-state index contributed by atoms with van der Waals surface area (Å²) in [5.74, 6) is 1.18. The fourth-order valence-electron chi connectivity index (χ4n) is 2.29. The van der Waals surface area contributed by atoms with Crippen LogP contribution in [0.15, 0.2) is 24.3 Å². The van der Waals surface area contributed by atoms with Crippen molar-refractivity contribution in [1.29, 1.82) is 0 Å². The first kappa shape index (κ1) is 18.4. The fraction of sp³-hybridized carbons (Fsp3) is 0.625. The van der Waals surface area contributed by atoms with Crippen molar-refractivity contribution < 1.29 is 13.2 Å². The van der Waals surface area contributed by atoms with Crippen molar-refractivity contribution in [2.24, 2.45) is 0 Å². The molecule has 0 saturated carbocycles. The van der Waals surface area contributed by atoms with Crippen LogP contribution in [0.4, 0.5) is 13.2 Å². The van der Waals surface area contributed by atoms with Crippen LogP contribution in [0.1, 0.15) is 49.8 Å². The first-order valence-corrected chi connectivity index (χ1v) is 8.74. The normalized spacial score (nSPS) is 13.4. The Morgan fingerprint density at radius 3 is 2.43 bits per heavy atom. The lowest BCUT2D eigenvalue weighted by atomic mass is 10.0. The molecule has 21 heavy (non-hydrogen) atoms. The maximum atomic E-state index is 12.9. The lowest BCUT2D eigenvalue weighted by Crippen LogP contribution is -2.23. The summed E-state index contributed by atoms with van der Waals surface area (Å²) >= 11 is 1.85. The number of hydrogen-bond donors (Lipinski definition) is 1. The number of rotatable bonds is 9. The molecule has 0 saturated heterocycles. The van der Waals surface area contributed by atoms with Gasteiger partial charge in [0.25, 0.3) is 0 Å². The lowest BCUT2D eigenvalue weighted by Gasteiger charge is -2.19. The highest BCUT2D eigenvalue weighted by atomic mass is 32.2. The summed E-state index contributed by atoms with van der Waals surface area (Å²) in [7, 11) is 0. The Hall–Kier alpha value is -0.680. The van der Waals surface area contributed by atoms with Gasteiger partial charge in [-0.25, -0.2) is 0 Å². The van der Waals surface area contributed by atoms with Crippen LogP contribution < -0.4 is 5.32 Å². The molecule has 1 N–H and O–H groups in total. The molecule has 0 aromatic heterocycles. The molecule has 0 fully saturated rings. The first-order valence-electron chi connectivity index (χ1n) is 7.35. The molecule has 0 spiro atoms. The predicted octanol–water partition coefficient (Wildman–Crippen LogP) is 5.28. The van der Waals surface area contributed by atoms with Crippen LogP contribution >= 0.6 is 11.8 Å². The van der Waals surface area contributed by atoms with Crippen LogP contribution in [-0.4, -0.2) is 18.6 Å². The molecule has 1 rings (SSSR count). The highest BCUT2D eigenvalue weighted by Gasteiger charge is 2.33. The van der Waals surface area contributed by atoms with E-state index in [0.717, 1.165) is 25.5 Å². The molecule has 0 aliphatic heterocycles. The average Bonchev–Trinajstić information content (AvgIpc) is 2.45. The maximum Gasteiger partial charge on any atom is 0.416 e. The van der Waals surface area contributed by atoms with Gasteiger partial charge in [-0.2, -0.15) is 24.9 Å². The molecular weight excluding hydrogens is 295 g/mol. The van der Waals surface area contributed by atoms with Gasteiger partial charge in [0.2, 0.25) is 0 Å². The molecule has 120 valence electrons. The third-order valence-corrected chi connectivity index (χ3v) is 4.16. The Labute approximate surface area is 129 Å². The smallest absolute Gasteiger partial charge is 0.310 e. The van der Waals surface area contributed by atoms with Crippen molar-refractivity contribution in [3.63, 3.8) is 0 Å². The van der Waals surface area contributed by atoms with Gasteiger partial charge >= 0.3 is 6.18 Å². The molecule has 0 amide bonds. The number of benzene rings is 1. The molecule has 1 aromatic rings. The van der Waals surface area contributed by atoms with Crippen molar-refractivity contribution in [3.05, 3.63) is 35.4 Å². The second-order valence-corrected chi connectivity index (χ2v) is 6.15. The highest BCUT2D eigenvalue weighted by molar-refractivity contribution is 7.98. The summed E-state index contributed by atoms with van der Waals surface area (Å²) in [6.07, 6.45) is 2.35. The van der Waals surface area contributed by atoms with Crippen LogP contribution in [0.25, 0.3) is 0 Å². The van der Waals surface area contributed by atoms with E-state index in [2.05, 4.69) is 11.6 Å². The van der Waals surface area contributed by atoms with E-state index in [4.69, 9.17) is 0 Å². The summed E-state index contributed by atoms with van der Waals surface area (Å²) in [5.41, 5.74) is -0.211. The van der Waals surface area contributed by atoms with Crippen molar-refractivity contribution in [1.82, 2.24) is 5.32 Å². The number of halogens is 3. The molecule has 5 heteroatoms. The fourth-order valence-corrected chi connectivity index (χ4v) is 2.78. The number of hydrogen-bond acceptors (Lipinski definition) is 2. The Morgan fingerprint density at radius 1 is 1.10 bits per heavy atom. The van der Waals surface area contributed by atoms with E-state index in [-0.39, 0.29) is 6.04 Å². The zero-order valence-corrected chi connectivity index (χ0v) is 13.5. The highest BCUT2D eigenvalue weighted by Crippen LogP contribution is 2.34. The Morgan fingerprint density at radius 2 is 1.76 bits per heavy atom. The summed E-state index contributed by atoms with van der Waals surface area (Å²) in [6, 6.07) is 5.51. The number of nitrogens with one attached hydrogen (secondary N) is 1. The summed E-state index contributed by atoms with van der Waals surface area (Å²) < 4.78 is 38.8. The molecule has 0 aliphatic carbocycles. The number of unbranched alkanes of at least 4 members (excludes halogenated alkanes) is 3. The van der Waals surface area contributed by atoms with Gasteiger partial charge in [-0.15, -0.1) is 0 Å². The molecule has 0 aliphatic rings. The molecule has 0 radical (unpaired) electrons. The second-order valence-electron chi connectivity index (χ2n) is 5.17. The summed E-state index contributed by atoms with van der Waals surface area (Å²) in [6.45, 7) is 2.55. The van der Waals surface area contributed by atoms with Crippen molar-refractivity contribution in [2.75, 3.05) is 18.6 Å². The van der Waals surface area contributed by atoms with Gasteiger partial charge in [-0.1, -0.05) is 31.0 Å². The van der Waals surface area contributed by atoms with E-state index in [1.54, 1.807) is 19.1 Å². The third-order valence-electron chi connectivity index (χ3n) is 3.46. The van der Waals surface area contributed by atoms with E-state index >= 15 is 0 Å². The second kappa shape index (κ2) is 9.36. The topological polar surface area (TPSA) is 12.0 Å². The average molecular weight is 319 g/mol. The third kappa shape index (κ3) is 6.74.